The standard InChI is InChI=1S/C14H26N2O3/c1-13(2)11-18-7-6-16(13)12(17)9-15-5-8-19-14(3,4)10-15/h5-11H2,1-4H3. The Morgan fingerprint density at radius 3 is 2.53 bits per heavy atom. The zero-order valence-corrected chi connectivity index (χ0v) is 12.6. The van der Waals surface area contributed by atoms with Crippen molar-refractivity contribution >= 4 is 5.91 Å². The monoisotopic (exact) mass is 270 g/mol. The average Bonchev–Trinajstić information content (AvgIpc) is 2.26. The van der Waals surface area contributed by atoms with Gasteiger partial charge in [0.1, 0.15) is 0 Å². The van der Waals surface area contributed by atoms with Crippen LogP contribution < -0.4 is 0 Å². The van der Waals surface area contributed by atoms with Gasteiger partial charge in [0.15, 0.2) is 0 Å². The molecule has 2 aliphatic heterocycles. The van der Waals surface area contributed by atoms with Crippen molar-refractivity contribution in [2.45, 2.75) is 38.8 Å². The minimum atomic E-state index is -0.197. The molecule has 0 unspecified atom stereocenters. The van der Waals surface area contributed by atoms with Crippen LogP contribution in [0.5, 0.6) is 0 Å². The maximum atomic E-state index is 12.5. The lowest BCUT2D eigenvalue weighted by atomic mass is 10.0. The molecule has 0 radical (unpaired) electrons. The van der Waals surface area contributed by atoms with Gasteiger partial charge in [0.05, 0.1) is 37.5 Å². The molecule has 0 aliphatic carbocycles. The van der Waals surface area contributed by atoms with E-state index in [-0.39, 0.29) is 17.0 Å². The molecule has 5 heteroatoms. The molecule has 2 aliphatic rings. The summed E-state index contributed by atoms with van der Waals surface area (Å²) in [5.74, 6) is 0.200. The highest BCUT2D eigenvalue weighted by atomic mass is 16.5. The van der Waals surface area contributed by atoms with Gasteiger partial charge in [-0.05, 0) is 27.7 Å². The fraction of sp³-hybridized carbons (Fsp3) is 0.929. The molecule has 0 bridgehead atoms. The van der Waals surface area contributed by atoms with Gasteiger partial charge in [-0.1, -0.05) is 0 Å². The summed E-state index contributed by atoms with van der Waals surface area (Å²) in [5, 5.41) is 0. The largest absolute Gasteiger partial charge is 0.377 e. The number of carbonyl (C=O) groups excluding carboxylic acids is 1. The minimum absolute atomic E-state index is 0.154. The Balaban J connectivity index is 1.93. The Morgan fingerprint density at radius 1 is 1.16 bits per heavy atom. The van der Waals surface area contributed by atoms with Gasteiger partial charge < -0.3 is 14.4 Å². The summed E-state index contributed by atoms with van der Waals surface area (Å²) in [6.45, 7) is 13.0. The summed E-state index contributed by atoms with van der Waals surface area (Å²) in [7, 11) is 0. The lowest BCUT2D eigenvalue weighted by Gasteiger charge is -2.44. The van der Waals surface area contributed by atoms with Crippen molar-refractivity contribution < 1.29 is 14.3 Å². The van der Waals surface area contributed by atoms with E-state index in [2.05, 4.69) is 32.6 Å². The molecule has 2 fully saturated rings. The second-order valence-electron chi connectivity index (χ2n) is 6.73. The van der Waals surface area contributed by atoms with Crippen LogP contribution in [-0.4, -0.2) is 72.8 Å². The number of morpholine rings is 2. The van der Waals surface area contributed by atoms with E-state index < -0.39 is 0 Å². The predicted molar refractivity (Wildman–Crippen MR) is 73.1 cm³/mol. The Morgan fingerprint density at radius 2 is 1.89 bits per heavy atom. The van der Waals surface area contributed by atoms with Crippen LogP contribution in [0.4, 0.5) is 0 Å². The molecule has 2 saturated heterocycles. The molecule has 0 atom stereocenters. The van der Waals surface area contributed by atoms with Gasteiger partial charge in [0.2, 0.25) is 5.91 Å². The second-order valence-corrected chi connectivity index (χ2v) is 6.73. The van der Waals surface area contributed by atoms with Crippen molar-refractivity contribution in [3.05, 3.63) is 0 Å². The fourth-order valence-electron chi connectivity index (χ4n) is 2.85. The zero-order chi connectivity index (χ0) is 14.1. The summed E-state index contributed by atoms with van der Waals surface area (Å²) in [6.07, 6.45) is 0. The first-order chi connectivity index (χ1) is 8.80. The number of carbonyl (C=O) groups is 1. The Kier molecular flexibility index (Phi) is 4.18. The van der Waals surface area contributed by atoms with E-state index in [1.54, 1.807) is 0 Å². The van der Waals surface area contributed by atoms with Gasteiger partial charge in [-0.15, -0.1) is 0 Å². The van der Waals surface area contributed by atoms with Crippen LogP contribution in [-0.2, 0) is 14.3 Å². The number of rotatable bonds is 2. The highest BCUT2D eigenvalue weighted by molar-refractivity contribution is 5.79. The van der Waals surface area contributed by atoms with E-state index >= 15 is 0 Å². The van der Waals surface area contributed by atoms with Crippen LogP contribution in [0.15, 0.2) is 0 Å². The smallest absolute Gasteiger partial charge is 0.237 e. The number of hydrogen-bond acceptors (Lipinski definition) is 4. The molecule has 0 N–H and O–H groups in total. The quantitative estimate of drug-likeness (QED) is 0.742. The van der Waals surface area contributed by atoms with Crippen molar-refractivity contribution in [1.29, 1.82) is 0 Å². The Bertz CT molecular complexity index is 342. The van der Waals surface area contributed by atoms with E-state index in [1.807, 2.05) is 4.90 Å². The molecule has 0 aromatic rings. The third kappa shape index (κ3) is 3.68. The molecule has 5 nitrogen and oxygen atoms in total. The molecule has 2 heterocycles. The summed E-state index contributed by atoms with van der Waals surface area (Å²) in [4.78, 5) is 16.6. The van der Waals surface area contributed by atoms with Crippen molar-refractivity contribution in [2.24, 2.45) is 0 Å². The topological polar surface area (TPSA) is 42.0 Å². The summed E-state index contributed by atoms with van der Waals surface area (Å²) in [6, 6.07) is 0. The predicted octanol–water partition coefficient (Wildman–Crippen LogP) is 0.735. The van der Waals surface area contributed by atoms with Crippen molar-refractivity contribution in [1.82, 2.24) is 9.80 Å². The first kappa shape index (κ1) is 14.8. The first-order valence-electron chi connectivity index (χ1n) is 7.05. The number of hydrogen-bond donors (Lipinski definition) is 0. The number of nitrogens with zero attached hydrogens (tertiary/aromatic N) is 2. The van der Waals surface area contributed by atoms with Crippen LogP contribution >= 0.6 is 0 Å². The van der Waals surface area contributed by atoms with Crippen molar-refractivity contribution in [2.75, 3.05) is 46.0 Å². The zero-order valence-electron chi connectivity index (χ0n) is 12.6. The fourth-order valence-corrected chi connectivity index (χ4v) is 2.85. The molecular formula is C14H26N2O3. The van der Waals surface area contributed by atoms with Gasteiger partial charge >= 0.3 is 0 Å². The van der Waals surface area contributed by atoms with Crippen molar-refractivity contribution in [3.8, 4) is 0 Å². The number of amides is 1. The van der Waals surface area contributed by atoms with Crippen LogP contribution in [0.2, 0.25) is 0 Å². The summed E-state index contributed by atoms with van der Waals surface area (Å²) in [5.41, 5.74) is -0.351. The normalized spacial score (nSPS) is 27.3. The summed E-state index contributed by atoms with van der Waals surface area (Å²) >= 11 is 0. The van der Waals surface area contributed by atoms with Crippen LogP contribution in [0.25, 0.3) is 0 Å². The van der Waals surface area contributed by atoms with E-state index in [0.717, 1.165) is 13.1 Å². The molecular weight excluding hydrogens is 244 g/mol. The SMILES string of the molecule is CC1(C)CN(CC(=O)N2CCOCC2(C)C)CCO1. The third-order valence-corrected chi connectivity index (χ3v) is 3.81. The highest BCUT2D eigenvalue weighted by Gasteiger charge is 2.36. The van der Waals surface area contributed by atoms with Crippen molar-refractivity contribution in [3.63, 3.8) is 0 Å². The second kappa shape index (κ2) is 5.38. The molecule has 0 aromatic heterocycles. The Labute approximate surface area is 115 Å². The molecule has 0 saturated carbocycles. The van der Waals surface area contributed by atoms with Gasteiger partial charge in [-0.25, -0.2) is 0 Å². The highest BCUT2D eigenvalue weighted by Crippen LogP contribution is 2.21. The number of ether oxygens (including phenoxy) is 2. The molecule has 19 heavy (non-hydrogen) atoms. The summed E-state index contributed by atoms with van der Waals surface area (Å²) < 4.78 is 11.1. The van der Waals surface area contributed by atoms with E-state index in [0.29, 0.717) is 32.9 Å². The molecule has 0 spiro atoms. The third-order valence-electron chi connectivity index (χ3n) is 3.81. The van der Waals surface area contributed by atoms with Crippen LogP contribution in [0.1, 0.15) is 27.7 Å². The van der Waals surface area contributed by atoms with E-state index in [4.69, 9.17) is 9.47 Å². The van der Waals surface area contributed by atoms with E-state index in [1.165, 1.54) is 0 Å². The molecule has 110 valence electrons. The Hall–Kier alpha value is -0.650. The van der Waals surface area contributed by atoms with Gasteiger partial charge in [-0.2, -0.15) is 0 Å². The lowest BCUT2D eigenvalue weighted by molar-refractivity contribution is -0.151. The van der Waals surface area contributed by atoms with Gasteiger partial charge in [0.25, 0.3) is 0 Å². The lowest BCUT2D eigenvalue weighted by Crippen LogP contribution is -2.59. The van der Waals surface area contributed by atoms with Crippen LogP contribution in [0.3, 0.4) is 0 Å². The molecule has 0 aromatic carbocycles. The minimum Gasteiger partial charge on any atom is -0.377 e. The van der Waals surface area contributed by atoms with Gasteiger partial charge in [0, 0.05) is 19.6 Å². The molecule has 2 rings (SSSR count). The van der Waals surface area contributed by atoms with E-state index in [9.17, 15) is 4.79 Å². The first-order valence-corrected chi connectivity index (χ1v) is 7.05. The molecule has 1 amide bonds. The maximum Gasteiger partial charge on any atom is 0.237 e. The van der Waals surface area contributed by atoms with Gasteiger partial charge in [-0.3, -0.25) is 9.69 Å². The van der Waals surface area contributed by atoms with Crippen LogP contribution in [0, 0.1) is 0 Å². The average molecular weight is 270 g/mol. The maximum absolute atomic E-state index is 12.5.